The smallest absolute Gasteiger partial charge is 0.261 e. The number of sulfonamides is 1. The van der Waals surface area contributed by atoms with Crippen LogP contribution in [0.1, 0.15) is 21.5 Å². The van der Waals surface area contributed by atoms with Crippen molar-refractivity contribution >= 4 is 33.2 Å². The van der Waals surface area contributed by atoms with Gasteiger partial charge in [0, 0.05) is 10.6 Å². The lowest BCUT2D eigenvalue weighted by molar-refractivity contribution is 0.0947. The van der Waals surface area contributed by atoms with E-state index in [1.165, 1.54) is 0 Å². The average Bonchev–Trinajstić information content (AvgIpc) is 2.74. The van der Waals surface area contributed by atoms with Crippen molar-refractivity contribution in [1.82, 2.24) is 5.32 Å². The average molecular weight is 459 g/mol. The molecule has 0 fully saturated rings. The van der Waals surface area contributed by atoms with Gasteiger partial charge in [-0.15, -0.1) is 0 Å². The highest BCUT2D eigenvalue weighted by molar-refractivity contribution is 7.92. The summed E-state index contributed by atoms with van der Waals surface area (Å²) in [6.45, 7) is 4.26. The monoisotopic (exact) mass is 458 g/mol. The minimum atomic E-state index is -3.71. The molecule has 2 N–H and O–H groups in total. The van der Waals surface area contributed by atoms with Crippen molar-refractivity contribution in [2.75, 3.05) is 17.9 Å². The highest BCUT2D eigenvalue weighted by Crippen LogP contribution is 2.21. The third-order valence-electron chi connectivity index (χ3n) is 4.53. The van der Waals surface area contributed by atoms with Gasteiger partial charge < -0.3 is 10.1 Å². The van der Waals surface area contributed by atoms with Crippen LogP contribution in [0, 0.1) is 13.8 Å². The van der Waals surface area contributed by atoms with E-state index in [2.05, 4.69) is 10.0 Å². The van der Waals surface area contributed by atoms with E-state index < -0.39 is 10.0 Å². The lowest BCUT2D eigenvalue weighted by Crippen LogP contribution is -2.28. The number of carbonyl (C=O) groups is 1. The fourth-order valence-corrected chi connectivity index (χ4v) is 4.06. The lowest BCUT2D eigenvalue weighted by Gasteiger charge is -2.12. The molecule has 31 heavy (non-hydrogen) atoms. The largest absolute Gasteiger partial charge is 0.492 e. The second-order valence-corrected chi connectivity index (χ2v) is 9.13. The minimum absolute atomic E-state index is 0.181. The predicted octanol–water partition coefficient (Wildman–Crippen LogP) is 4.57. The van der Waals surface area contributed by atoms with Crippen LogP contribution in [-0.4, -0.2) is 27.5 Å². The molecule has 1 amide bonds. The summed E-state index contributed by atoms with van der Waals surface area (Å²) in [7, 11) is -3.71. The summed E-state index contributed by atoms with van der Waals surface area (Å²) in [5.74, 6) is 0.399. The van der Waals surface area contributed by atoms with Crippen LogP contribution in [0.15, 0.2) is 71.6 Å². The van der Waals surface area contributed by atoms with Crippen LogP contribution >= 0.6 is 11.6 Å². The van der Waals surface area contributed by atoms with Crippen LogP contribution in [0.3, 0.4) is 0 Å². The standard InChI is InChI=1S/C23H23ClN2O4S/c1-16-3-10-21(11-4-16)31(28,29)26-22-12-5-18(15-17(22)2)23(27)25-13-14-30-20-8-6-19(24)7-9-20/h3-12,15,26H,13-14H2,1-2H3,(H,25,27). The van der Waals surface area contributed by atoms with Gasteiger partial charge in [-0.2, -0.15) is 0 Å². The highest BCUT2D eigenvalue weighted by atomic mass is 35.5. The molecule has 0 aliphatic carbocycles. The van der Waals surface area contributed by atoms with Gasteiger partial charge in [-0.3, -0.25) is 9.52 Å². The Morgan fingerprint density at radius 3 is 2.29 bits per heavy atom. The molecule has 3 rings (SSSR count). The number of benzene rings is 3. The summed E-state index contributed by atoms with van der Waals surface area (Å²) >= 11 is 5.83. The molecule has 6 nitrogen and oxygen atoms in total. The fourth-order valence-electron chi connectivity index (χ4n) is 2.81. The fraction of sp³-hybridized carbons (Fsp3) is 0.174. The van der Waals surface area contributed by atoms with Crippen molar-refractivity contribution < 1.29 is 17.9 Å². The molecule has 0 spiro atoms. The molecule has 0 unspecified atom stereocenters. The van der Waals surface area contributed by atoms with Gasteiger partial charge in [0.2, 0.25) is 0 Å². The molecule has 8 heteroatoms. The van der Waals surface area contributed by atoms with Gasteiger partial charge >= 0.3 is 0 Å². The first-order valence-corrected chi connectivity index (χ1v) is 11.5. The summed E-state index contributed by atoms with van der Waals surface area (Å²) in [4.78, 5) is 12.6. The summed E-state index contributed by atoms with van der Waals surface area (Å²) in [5.41, 5.74) is 2.47. The number of hydrogen-bond acceptors (Lipinski definition) is 4. The maximum Gasteiger partial charge on any atom is 0.261 e. The molecule has 0 aliphatic heterocycles. The van der Waals surface area contributed by atoms with E-state index in [4.69, 9.17) is 16.3 Å². The van der Waals surface area contributed by atoms with E-state index in [1.807, 2.05) is 6.92 Å². The molecular formula is C23H23ClN2O4S. The molecule has 0 aromatic heterocycles. The van der Waals surface area contributed by atoms with Gasteiger partial charge in [0.1, 0.15) is 12.4 Å². The van der Waals surface area contributed by atoms with Crippen LogP contribution in [0.2, 0.25) is 5.02 Å². The topological polar surface area (TPSA) is 84.5 Å². The molecule has 0 heterocycles. The predicted molar refractivity (Wildman–Crippen MR) is 122 cm³/mol. The second-order valence-electron chi connectivity index (χ2n) is 7.01. The molecule has 0 saturated carbocycles. The molecule has 0 saturated heterocycles. The Balaban J connectivity index is 1.57. The summed E-state index contributed by atoms with van der Waals surface area (Å²) in [6, 6.07) is 18.4. The van der Waals surface area contributed by atoms with Crippen molar-refractivity contribution in [2.24, 2.45) is 0 Å². The summed E-state index contributed by atoms with van der Waals surface area (Å²) in [6.07, 6.45) is 0. The molecule has 0 aliphatic rings. The SMILES string of the molecule is Cc1ccc(S(=O)(=O)Nc2ccc(C(=O)NCCOc3ccc(Cl)cc3)cc2C)cc1. The van der Waals surface area contributed by atoms with E-state index in [1.54, 1.807) is 73.7 Å². The van der Waals surface area contributed by atoms with E-state index >= 15 is 0 Å². The van der Waals surface area contributed by atoms with Gasteiger partial charge in [-0.25, -0.2) is 8.42 Å². The van der Waals surface area contributed by atoms with Gasteiger partial charge in [0.05, 0.1) is 17.1 Å². The molecule has 3 aromatic carbocycles. The minimum Gasteiger partial charge on any atom is -0.492 e. The zero-order valence-electron chi connectivity index (χ0n) is 17.2. The number of carbonyl (C=O) groups excluding carboxylic acids is 1. The number of hydrogen-bond donors (Lipinski definition) is 2. The molecular weight excluding hydrogens is 436 g/mol. The zero-order chi connectivity index (χ0) is 22.4. The number of amides is 1. The Morgan fingerprint density at radius 1 is 0.968 bits per heavy atom. The van der Waals surface area contributed by atoms with Crippen molar-refractivity contribution in [3.8, 4) is 5.75 Å². The third kappa shape index (κ3) is 6.23. The van der Waals surface area contributed by atoms with Crippen LogP contribution in [0.5, 0.6) is 5.75 Å². The Labute approximate surface area is 187 Å². The Hall–Kier alpha value is -3.03. The number of anilines is 1. The first-order chi connectivity index (χ1) is 14.7. The quantitative estimate of drug-likeness (QED) is 0.484. The molecule has 3 aromatic rings. The number of rotatable bonds is 8. The van der Waals surface area contributed by atoms with Crippen molar-refractivity contribution in [2.45, 2.75) is 18.7 Å². The van der Waals surface area contributed by atoms with Gasteiger partial charge in [-0.1, -0.05) is 29.3 Å². The maximum atomic E-state index is 12.6. The van der Waals surface area contributed by atoms with Crippen molar-refractivity contribution in [1.29, 1.82) is 0 Å². The lowest BCUT2D eigenvalue weighted by atomic mass is 10.1. The zero-order valence-corrected chi connectivity index (χ0v) is 18.8. The number of halogens is 1. The molecule has 0 atom stereocenters. The van der Waals surface area contributed by atoms with Crippen LogP contribution < -0.4 is 14.8 Å². The van der Waals surface area contributed by atoms with E-state index in [0.29, 0.717) is 40.7 Å². The highest BCUT2D eigenvalue weighted by Gasteiger charge is 2.16. The molecule has 162 valence electrons. The maximum absolute atomic E-state index is 12.6. The van der Waals surface area contributed by atoms with E-state index in [0.717, 1.165) is 5.56 Å². The Morgan fingerprint density at radius 2 is 1.65 bits per heavy atom. The van der Waals surface area contributed by atoms with Gasteiger partial charge in [-0.05, 0) is 74.0 Å². The van der Waals surface area contributed by atoms with E-state index in [9.17, 15) is 13.2 Å². The van der Waals surface area contributed by atoms with Crippen molar-refractivity contribution in [3.63, 3.8) is 0 Å². The third-order valence-corrected chi connectivity index (χ3v) is 6.17. The van der Waals surface area contributed by atoms with Gasteiger partial charge in [0.25, 0.3) is 15.9 Å². The van der Waals surface area contributed by atoms with Gasteiger partial charge in [0.15, 0.2) is 0 Å². The molecule has 0 radical (unpaired) electrons. The Bertz CT molecular complexity index is 1160. The first kappa shape index (κ1) is 22.7. The Kier molecular flexibility index (Phi) is 7.20. The van der Waals surface area contributed by atoms with Crippen LogP contribution in [0.25, 0.3) is 0 Å². The van der Waals surface area contributed by atoms with Crippen LogP contribution in [-0.2, 0) is 10.0 Å². The number of nitrogens with one attached hydrogen (secondary N) is 2. The van der Waals surface area contributed by atoms with Crippen molar-refractivity contribution in [3.05, 3.63) is 88.4 Å². The number of aryl methyl sites for hydroxylation is 2. The summed E-state index contributed by atoms with van der Waals surface area (Å²) < 4.78 is 33.3. The summed E-state index contributed by atoms with van der Waals surface area (Å²) in [5, 5.41) is 3.40. The molecule has 0 bridgehead atoms. The second kappa shape index (κ2) is 9.85. The van der Waals surface area contributed by atoms with E-state index in [-0.39, 0.29) is 10.8 Å². The normalized spacial score (nSPS) is 11.1. The first-order valence-electron chi connectivity index (χ1n) is 9.61. The number of ether oxygens (including phenoxy) is 1. The van der Waals surface area contributed by atoms with Crippen LogP contribution in [0.4, 0.5) is 5.69 Å².